The van der Waals surface area contributed by atoms with Crippen molar-refractivity contribution in [1.82, 2.24) is 0 Å². The van der Waals surface area contributed by atoms with Gasteiger partial charge in [0.2, 0.25) is 0 Å². The number of carbonyl (C=O) groups excluding carboxylic acids is 1. The van der Waals surface area contributed by atoms with Crippen LogP contribution in [-0.2, 0) is 9.53 Å². The minimum absolute atomic E-state index is 0.0694. The van der Waals surface area contributed by atoms with E-state index in [1.807, 2.05) is 0 Å². The molecule has 0 aliphatic heterocycles. The number of esters is 1. The number of hydrogen-bond acceptors (Lipinski definition) is 2. The summed E-state index contributed by atoms with van der Waals surface area (Å²) in [4.78, 5) is 10.4. The van der Waals surface area contributed by atoms with E-state index in [4.69, 9.17) is 0 Å². The maximum atomic E-state index is 10.4. The molecular formula is C5H11O2Se+. The fraction of sp³-hybridized carbons (Fsp3) is 0.800. The molecule has 0 saturated carbocycles. The van der Waals surface area contributed by atoms with Crippen LogP contribution in [0.2, 0.25) is 17.0 Å². The molecule has 0 unspecified atom stereocenters. The topological polar surface area (TPSA) is 26.3 Å². The SMILES string of the molecule is COC(=O)C[Se+](C)C. The molecule has 8 heavy (non-hydrogen) atoms. The molecule has 0 saturated heterocycles. The maximum absolute atomic E-state index is 10.4. The van der Waals surface area contributed by atoms with Gasteiger partial charge in [-0.25, -0.2) is 0 Å². The van der Waals surface area contributed by atoms with E-state index in [2.05, 4.69) is 16.4 Å². The Hall–Kier alpha value is -0.0105. The zero-order valence-corrected chi connectivity index (χ0v) is 7.14. The van der Waals surface area contributed by atoms with Gasteiger partial charge in [-0.3, -0.25) is 0 Å². The third-order valence-electron chi connectivity index (χ3n) is 0.634. The first-order valence-electron chi connectivity index (χ1n) is 2.28. The summed E-state index contributed by atoms with van der Waals surface area (Å²) in [7, 11) is 1.43. The second kappa shape index (κ2) is 3.93. The van der Waals surface area contributed by atoms with Crippen molar-refractivity contribution in [1.29, 1.82) is 0 Å². The van der Waals surface area contributed by atoms with E-state index in [0.717, 1.165) is 0 Å². The molecule has 0 aliphatic carbocycles. The molecule has 0 radical (unpaired) electrons. The summed E-state index contributed by atoms with van der Waals surface area (Å²) in [6, 6.07) is 0. The Bertz CT molecular complexity index is 80.5. The van der Waals surface area contributed by atoms with Gasteiger partial charge in [0.1, 0.15) is 0 Å². The fourth-order valence-electron chi connectivity index (χ4n) is 0.295. The Morgan fingerprint density at radius 2 is 2.12 bits per heavy atom. The Morgan fingerprint density at radius 1 is 1.62 bits per heavy atom. The molecule has 2 nitrogen and oxygen atoms in total. The Balaban J connectivity index is 3.25. The molecule has 0 amide bonds. The summed E-state index contributed by atoms with van der Waals surface area (Å²) in [6.07, 6.45) is 0. The van der Waals surface area contributed by atoms with Crippen LogP contribution in [0, 0.1) is 0 Å². The zero-order chi connectivity index (χ0) is 6.57. The van der Waals surface area contributed by atoms with Crippen LogP contribution < -0.4 is 0 Å². The normalized spacial score (nSPS) is 9.50. The summed E-state index contributed by atoms with van der Waals surface area (Å²) in [6.45, 7) is 0. The van der Waals surface area contributed by atoms with Crippen LogP contribution in [-0.4, -0.2) is 27.0 Å². The van der Waals surface area contributed by atoms with E-state index in [1.165, 1.54) is 7.11 Å². The summed E-state index contributed by atoms with van der Waals surface area (Å²) < 4.78 is 4.45. The predicted octanol–water partition coefficient (Wildman–Crippen LogP) is 0.914. The molecule has 0 atom stereocenters. The van der Waals surface area contributed by atoms with E-state index >= 15 is 0 Å². The van der Waals surface area contributed by atoms with Crippen molar-refractivity contribution < 1.29 is 9.53 Å². The van der Waals surface area contributed by atoms with Crippen LogP contribution in [0.1, 0.15) is 0 Å². The van der Waals surface area contributed by atoms with Crippen LogP contribution >= 0.6 is 0 Å². The second-order valence-corrected chi connectivity index (χ2v) is 6.45. The monoisotopic (exact) mass is 183 g/mol. The first-order chi connectivity index (χ1) is 3.66. The number of rotatable bonds is 2. The molecule has 0 aromatic heterocycles. The first kappa shape index (κ1) is 7.99. The van der Waals surface area contributed by atoms with Gasteiger partial charge in [-0.05, 0) is 0 Å². The summed E-state index contributed by atoms with van der Waals surface area (Å²) in [5, 5.41) is 0.649. The van der Waals surface area contributed by atoms with Gasteiger partial charge >= 0.3 is 53.5 Å². The fourth-order valence-corrected chi connectivity index (χ4v) is 1.53. The van der Waals surface area contributed by atoms with E-state index < -0.39 is 13.9 Å². The zero-order valence-electron chi connectivity index (χ0n) is 5.43. The molecule has 0 spiro atoms. The number of ether oxygens (including phenoxy) is 1. The predicted molar refractivity (Wildman–Crippen MR) is 34.3 cm³/mol. The van der Waals surface area contributed by atoms with Gasteiger partial charge in [-0.1, -0.05) is 0 Å². The van der Waals surface area contributed by atoms with Crippen LogP contribution in [0.5, 0.6) is 0 Å². The Labute approximate surface area is 54.1 Å². The minimum atomic E-state index is -0.608. The summed E-state index contributed by atoms with van der Waals surface area (Å²) in [5.74, 6) is 4.15. The first-order valence-corrected chi connectivity index (χ1v) is 6.91. The van der Waals surface area contributed by atoms with Crippen molar-refractivity contribution in [3.05, 3.63) is 0 Å². The van der Waals surface area contributed by atoms with E-state index in [9.17, 15) is 4.79 Å². The molecule has 0 aromatic carbocycles. The summed E-state index contributed by atoms with van der Waals surface area (Å²) in [5.41, 5.74) is 0. The second-order valence-electron chi connectivity index (χ2n) is 1.71. The third kappa shape index (κ3) is 4.16. The molecule has 0 N–H and O–H groups in total. The molecule has 0 fully saturated rings. The standard InChI is InChI=1S/C5H11O2Se/c1-7-5(6)4-8(2)3/h4H2,1-3H3/q+1. The van der Waals surface area contributed by atoms with Gasteiger partial charge < -0.3 is 0 Å². The van der Waals surface area contributed by atoms with Crippen molar-refractivity contribution in [2.45, 2.75) is 17.0 Å². The molecule has 48 valence electrons. The van der Waals surface area contributed by atoms with Gasteiger partial charge in [-0.15, -0.1) is 0 Å². The Kier molecular flexibility index (Phi) is 3.92. The number of carbonyl (C=O) groups is 1. The average molecular weight is 182 g/mol. The quantitative estimate of drug-likeness (QED) is 0.468. The van der Waals surface area contributed by atoms with Gasteiger partial charge in [0.25, 0.3) is 0 Å². The van der Waals surface area contributed by atoms with Crippen molar-refractivity contribution in [3.63, 3.8) is 0 Å². The van der Waals surface area contributed by atoms with Gasteiger partial charge in [0.05, 0.1) is 0 Å². The van der Waals surface area contributed by atoms with Crippen LogP contribution in [0.3, 0.4) is 0 Å². The van der Waals surface area contributed by atoms with E-state index in [1.54, 1.807) is 0 Å². The van der Waals surface area contributed by atoms with Gasteiger partial charge in [0.15, 0.2) is 0 Å². The molecule has 0 bridgehead atoms. The molecule has 0 aromatic rings. The molecule has 0 heterocycles. The molecule has 0 aliphatic rings. The van der Waals surface area contributed by atoms with Gasteiger partial charge in [-0.2, -0.15) is 0 Å². The van der Waals surface area contributed by atoms with Crippen molar-refractivity contribution >= 4 is 19.9 Å². The van der Waals surface area contributed by atoms with Crippen LogP contribution in [0.25, 0.3) is 0 Å². The third-order valence-corrected chi connectivity index (χ3v) is 2.34. The van der Waals surface area contributed by atoms with Crippen LogP contribution in [0.15, 0.2) is 0 Å². The average Bonchev–Trinajstić information content (AvgIpc) is 1.65. The van der Waals surface area contributed by atoms with Gasteiger partial charge in [0, 0.05) is 0 Å². The van der Waals surface area contributed by atoms with E-state index in [0.29, 0.717) is 5.32 Å². The van der Waals surface area contributed by atoms with Crippen molar-refractivity contribution in [2.75, 3.05) is 7.11 Å². The molecular weight excluding hydrogens is 171 g/mol. The van der Waals surface area contributed by atoms with Crippen LogP contribution in [0.4, 0.5) is 0 Å². The Morgan fingerprint density at radius 3 is 2.25 bits per heavy atom. The van der Waals surface area contributed by atoms with Crippen molar-refractivity contribution in [3.8, 4) is 0 Å². The molecule has 0 rings (SSSR count). The van der Waals surface area contributed by atoms with Crippen molar-refractivity contribution in [2.24, 2.45) is 0 Å². The number of hydrogen-bond donors (Lipinski definition) is 0. The number of methoxy groups -OCH3 is 1. The summed E-state index contributed by atoms with van der Waals surface area (Å²) >= 11 is -0.608. The van der Waals surface area contributed by atoms with E-state index in [-0.39, 0.29) is 5.97 Å². The molecule has 3 heteroatoms.